The van der Waals surface area contributed by atoms with Gasteiger partial charge in [0.2, 0.25) is 5.91 Å². The molecule has 3 nitrogen and oxygen atoms in total. The van der Waals surface area contributed by atoms with Gasteiger partial charge in [0.25, 0.3) is 0 Å². The Bertz CT molecular complexity index is 404. The molecule has 0 radical (unpaired) electrons. The number of rotatable bonds is 3. The van der Waals surface area contributed by atoms with Crippen LogP contribution in [0.3, 0.4) is 0 Å². The molecule has 0 bridgehead atoms. The number of nitrogens with one attached hydrogen (secondary N) is 2. The molecule has 98 valence electrons. The van der Waals surface area contributed by atoms with Crippen molar-refractivity contribution in [3.63, 3.8) is 0 Å². The van der Waals surface area contributed by atoms with E-state index in [4.69, 9.17) is 0 Å². The second-order valence-electron chi connectivity index (χ2n) is 5.06. The number of carbonyl (C=O) groups is 1. The third-order valence-corrected chi connectivity index (χ3v) is 3.78. The lowest BCUT2D eigenvalue weighted by Crippen LogP contribution is -2.34. The average molecular weight is 267 g/mol. The van der Waals surface area contributed by atoms with Crippen molar-refractivity contribution in [2.75, 3.05) is 13.1 Å². The normalized spacial score (nSPS) is 29.4. The molecule has 2 fully saturated rings. The van der Waals surface area contributed by atoms with Crippen LogP contribution in [0.4, 0.5) is 0 Å². The van der Waals surface area contributed by atoms with Gasteiger partial charge in [0.05, 0.1) is 5.92 Å². The third-order valence-electron chi connectivity index (χ3n) is 3.78. The molecule has 1 amide bonds. The van der Waals surface area contributed by atoms with Gasteiger partial charge in [-0.15, -0.1) is 12.4 Å². The van der Waals surface area contributed by atoms with Crippen molar-refractivity contribution < 1.29 is 4.79 Å². The summed E-state index contributed by atoms with van der Waals surface area (Å²) in [5.41, 5.74) is 1.35. The van der Waals surface area contributed by atoms with Crippen LogP contribution in [0.15, 0.2) is 30.3 Å². The van der Waals surface area contributed by atoms with Crippen molar-refractivity contribution in [3.8, 4) is 0 Å². The van der Waals surface area contributed by atoms with Gasteiger partial charge in [-0.2, -0.15) is 0 Å². The lowest BCUT2D eigenvalue weighted by Gasteiger charge is -2.09. The van der Waals surface area contributed by atoms with Crippen LogP contribution in [0.2, 0.25) is 0 Å². The first-order chi connectivity index (χ1) is 8.34. The van der Waals surface area contributed by atoms with Crippen LogP contribution in [-0.2, 0) is 4.79 Å². The van der Waals surface area contributed by atoms with Crippen LogP contribution in [0.5, 0.6) is 0 Å². The van der Waals surface area contributed by atoms with Crippen LogP contribution >= 0.6 is 12.4 Å². The van der Waals surface area contributed by atoms with E-state index in [2.05, 4.69) is 34.9 Å². The van der Waals surface area contributed by atoms with Gasteiger partial charge >= 0.3 is 0 Å². The Hall–Kier alpha value is -1.06. The highest BCUT2D eigenvalue weighted by Gasteiger charge is 2.40. The van der Waals surface area contributed by atoms with Crippen LogP contribution in [0, 0.1) is 5.92 Å². The van der Waals surface area contributed by atoms with Crippen molar-refractivity contribution in [1.82, 2.24) is 10.6 Å². The summed E-state index contributed by atoms with van der Waals surface area (Å²) in [4.78, 5) is 11.9. The maximum Gasteiger partial charge on any atom is 0.224 e. The quantitative estimate of drug-likeness (QED) is 0.874. The minimum atomic E-state index is 0. The minimum absolute atomic E-state index is 0. The first-order valence-corrected chi connectivity index (χ1v) is 6.40. The van der Waals surface area contributed by atoms with E-state index in [0.29, 0.717) is 12.0 Å². The molecule has 18 heavy (non-hydrogen) atoms. The Morgan fingerprint density at radius 1 is 1.28 bits per heavy atom. The van der Waals surface area contributed by atoms with Crippen molar-refractivity contribution in [2.45, 2.75) is 24.8 Å². The van der Waals surface area contributed by atoms with Gasteiger partial charge in [0.1, 0.15) is 0 Å². The highest BCUT2D eigenvalue weighted by atomic mass is 35.5. The molecular formula is C14H19ClN2O. The van der Waals surface area contributed by atoms with Crippen LogP contribution in [0.1, 0.15) is 24.3 Å². The molecule has 4 heteroatoms. The molecule has 0 aromatic heterocycles. The topological polar surface area (TPSA) is 41.1 Å². The number of benzene rings is 1. The number of hydrogen-bond donors (Lipinski definition) is 2. The molecule has 1 saturated heterocycles. The number of halogens is 1. The largest absolute Gasteiger partial charge is 0.352 e. The standard InChI is InChI=1S/C14H18N2O.ClH/c17-14(11-6-7-15-9-11)16-13-8-12(13)10-4-2-1-3-5-10;/h1-5,11-13,15H,6-9H2,(H,16,17);1H/t11-,12+,13-;/m0./s1. The Morgan fingerprint density at radius 3 is 2.72 bits per heavy atom. The zero-order valence-corrected chi connectivity index (χ0v) is 11.1. The number of amides is 1. The summed E-state index contributed by atoms with van der Waals surface area (Å²) in [5, 5.41) is 6.39. The molecular weight excluding hydrogens is 248 g/mol. The summed E-state index contributed by atoms with van der Waals surface area (Å²) >= 11 is 0. The molecule has 1 aliphatic carbocycles. The molecule has 1 saturated carbocycles. The first-order valence-electron chi connectivity index (χ1n) is 6.40. The van der Waals surface area contributed by atoms with Gasteiger partial charge in [0.15, 0.2) is 0 Å². The van der Waals surface area contributed by atoms with Crippen LogP contribution in [0.25, 0.3) is 0 Å². The zero-order chi connectivity index (χ0) is 11.7. The molecule has 3 rings (SSSR count). The fourth-order valence-corrected chi connectivity index (χ4v) is 2.60. The molecule has 1 aromatic rings. The van der Waals surface area contributed by atoms with Gasteiger partial charge in [-0.25, -0.2) is 0 Å². The maximum absolute atomic E-state index is 11.9. The van der Waals surface area contributed by atoms with Gasteiger partial charge in [-0.05, 0) is 24.9 Å². The Morgan fingerprint density at radius 2 is 2.06 bits per heavy atom. The summed E-state index contributed by atoms with van der Waals surface area (Å²) in [5.74, 6) is 0.958. The molecule has 2 N–H and O–H groups in total. The van der Waals surface area contributed by atoms with Crippen molar-refractivity contribution >= 4 is 18.3 Å². The van der Waals surface area contributed by atoms with E-state index in [1.165, 1.54) is 5.56 Å². The Labute approximate surface area is 114 Å². The molecule has 0 unspecified atom stereocenters. The molecule has 2 aliphatic rings. The SMILES string of the molecule is Cl.O=C(N[C@H]1C[C@@H]1c1ccccc1)[C@H]1CCNC1. The second kappa shape index (κ2) is 5.72. The summed E-state index contributed by atoms with van der Waals surface area (Å²) < 4.78 is 0. The molecule has 0 spiro atoms. The predicted octanol–water partition coefficient (Wildman–Crippen LogP) is 1.69. The molecule has 1 heterocycles. The number of carbonyl (C=O) groups excluding carboxylic acids is 1. The fraction of sp³-hybridized carbons (Fsp3) is 0.500. The summed E-state index contributed by atoms with van der Waals surface area (Å²) in [6.07, 6.45) is 2.07. The fourth-order valence-electron chi connectivity index (χ4n) is 2.60. The highest BCUT2D eigenvalue weighted by molar-refractivity contribution is 5.85. The zero-order valence-electron chi connectivity index (χ0n) is 10.3. The van der Waals surface area contributed by atoms with Gasteiger partial charge in [0, 0.05) is 18.5 Å². The smallest absolute Gasteiger partial charge is 0.224 e. The lowest BCUT2D eigenvalue weighted by molar-refractivity contribution is -0.124. The second-order valence-corrected chi connectivity index (χ2v) is 5.06. The minimum Gasteiger partial charge on any atom is -0.352 e. The van der Waals surface area contributed by atoms with Crippen LogP contribution in [-0.4, -0.2) is 25.0 Å². The van der Waals surface area contributed by atoms with Gasteiger partial charge in [-0.1, -0.05) is 30.3 Å². The van der Waals surface area contributed by atoms with Crippen molar-refractivity contribution in [1.29, 1.82) is 0 Å². The van der Waals surface area contributed by atoms with Gasteiger partial charge in [-0.3, -0.25) is 4.79 Å². The predicted molar refractivity (Wildman–Crippen MR) is 74.0 cm³/mol. The Balaban J connectivity index is 0.00000120. The van der Waals surface area contributed by atoms with E-state index in [9.17, 15) is 4.79 Å². The maximum atomic E-state index is 11.9. The van der Waals surface area contributed by atoms with Crippen molar-refractivity contribution in [2.24, 2.45) is 5.92 Å². The van der Waals surface area contributed by atoms with Crippen LogP contribution < -0.4 is 10.6 Å². The first kappa shape index (κ1) is 13.4. The van der Waals surface area contributed by atoms with E-state index in [0.717, 1.165) is 25.9 Å². The van der Waals surface area contributed by atoms with E-state index in [1.54, 1.807) is 0 Å². The van der Waals surface area contributed by atoms with E-state index in [1.807, 2.05) is 6.07 Å². The van der Waals surface area contributed by atoms with E-state index in [-0.39, 0.29) is 24.2 Å². The third kappa shape index (κ3) is 2.85. The van der Waals surface area contributed by atoms with E-state index < -0.39 is 0 Å². The average Bonchev–Trinajstić information content (AvgIpc) is 2.92. The summed E-state index contributed by atoms with van der Waals surface area (Å²) in [6.45, 7) is 1.82. The van der Waals surface area contributed by atoms with Gasteiger partial charge < -0.3 is 10.6 Å². The van der Waals surface area contributed by atoms with E-state index >= 15 is 0 Å². The summed E-state index contributed by atoms with van der Waals surface area (Å²) in [6, 6.07) is 10.8. The lowest BCUT2D eigenvalue weighted by atomic mass is 10.1. The Kier molecular flexibility index (Phi) is 4.25. The summed E-state index contributed by atoms with van der Waals surface area (Å²) in [7, 11) is 0. The monoisotopic (exact) mass is 266 g/mol. The molecule has 3 atom stereocenters. The molecule has 1 aromatic carbocycles. The van der Waals surface area contributed by atoms with Crippen molar-refractivity contribution in [3.05, 3.63) is 35.9 Å². The molecule has 1 aliphatic heterocycles. The number of hydrogen-bond acceptors (Lipinski definition) is 2. The highest BCUT2D eigenvalue weighted by Crippen LogP contribution is 2.40.